The van der Waals surface area contributed by atoms with Gasteiger partial charge in [0.1, 0.15) is 11.6 Å². The quantitative estimate of drug-likeness (QED) is 0.678. The average Bonchev–Trinajstić information content (AvgIpc) is 2.82. The van der Waals surface area contributed by atoms with Gasteiger partial charge in [0.15, 0.2) is 5.65 Å². The van der Waals surface area contributed by atoms with Crippen molar-refractivity contribution in [3.05, 3.63) is 54.2 Å². The highest BCUT2D eigenvalue weighted by Gasteiger charge is 2.06. The van der Waals surface area contributed by atoms with Crippen molar-refractivity contribution in [2.45, 2.75) is 6.54 Å². The Morgan fingerprint density at radius 1 is 1.17 bits per heavy atom. The first-order chi connectivity index (χ1) is 8.86. The Morgan fingerprint density at radius 2 is 2.00 bits per heavy atom. The van der Waals surface area contributed by atoms with Gasteiger partial charge in [-0.25, -0.2) is 9.97 Å². The van der Waals surface area contributed by atoms with E-state index in [0.29, 0.717) is 17.7 Å². The van der Waals surface area contributed by atoms with E-state index in [2.05, 4.69) is 15.0 Å². The van der Waals surface area contributed by atoms with E-state index < -0.39 is 0 Å². The van der Waals surface area contributed by atoms with Crippen LogP contribution in [0.1, 0.15) is 11.4 Å². The largest absolute Gasteiger partial charge is 0.311 e. The van der Waals surface area contributed by atoms with Gasteiger partial charge >= 0.3 is 0 Å². The molecule has 86 valence electrons. The summed E-state index contributed by atoms with van der Waals surface area (Å²) in [6.07, 6.45) is 3.29. The Bertz CT molecular complexity index is 724. The van der Waals surface area contributed by atoms with Crippen LogP contribution in [0.4, 0.5) is 0 Å². The molecule has 0 aliphatic carbocycles. The molecule has 0 radical (unpaired) electrons. The lowest BCUT2D eigenvalue weighted by molar-refractivity contribution is 0.812. The van der Waals surface area contributed by atoms with Gasteiger partial charge in [0.05, 0.1) is 19.1 Å². The third-order valence-corrected chi connectivity index (χ3v) is 2.65. The minimum Gasteiger partial charge on any atom is -0.311 e. The maximum Gasteiger partial charge on any atom is 0.234 e. The van der Waals surface area contributed by atoms with Crippen LogP contribution in [0.5, 0.6) is 0 Å². The summed E-state index contributed by atoms with van der Waals surface area (Å²) >= 11 is 0. The molecule has 0 spiro atoms. The number of rotatable bonds is 2. The van der Waals surface area contributed by atoms with Crippen LogP contribution in [0, 0.1) is 11.3 Å². The van der Waals surface area contributed by atoms with Crippen molar-refractivity contribution >= 4 is 11.2 Å². The standard InChI is InChI=1S/C13H9N5/c14-6-12-15-7-11-13(17-12)18(9-16-11)8-10-4-2-1-3-5-10/h1-5,7,9H,8H2. The minimum absolute atomic E-state index is 0.164. The van der Waals surface area contributed by atoms with Crippen molar-refractivity contribution in [3.8, 4) is 6.07 Å². The molecule has 18 heavy (non-hydrogen) atoms. The zero-order chi connectivity index (χ0) is 12.4. The van der Waals surface area contributed by atoms with E-state index in [1.165, 1.54) is 0 Å². The van der Waals surface area contributed by atoms with Crippen molar-refractivity contribution in [1.29, 1.82) is 5.26 Å². The van der Waals surface area contributed by atoms with Gasteiger partial charge in [0, 0.05) is 0 Å². The average molecular weight is 235 g/mol. The summed E-state index contributed by atoms with van der Waals surface area (Å²) < 4.78 is 1.91. The Kier molecular flexibility index (Phi) is 2.47. The van der Waals surface area contributed by atoms with E-state index in [0.717, 1.165) is 5.56 Å². The molecule has 0 N–H and O–H groups in total. The fourth-order valence-corrected chi connectivity index (χ4v) is 1.81. The normalized spacial score (nSPS) is 10.4. The predicted molar refractivity (Wildman–Crippen MR) is 65.6 cm³/mol. The van der Waals surface area contributed by atoms with E-state index in [-0.39, 0.29) is 5.82 Å². The number of nitriles is 1. The Morgan fingerprint density at radius 3 is 2.78 bits per heavy atom. The molecule has 2 heterocycles. The van der Waals surface area contributed by atoms with E-state index in [1.807, 2.05) is 41.0 Å². The van der Waals surface area contributed by atoms with Crippen LogP contribution in [0.3, 0.4) is 0 Å². The van der Waals surface area contributed by atoms with Crippen LogP contribution >= 0.6 is 0 Å². The fraction of sp³-hybridized carbons (Fsp3) is 0.0769. The van der Waals surface area contributed by atoms with Gasteiger partial charge in [0.2, 0.25) is 5.82 Å². The molecule has 3 rings (SSSR count). The van der Waals surface area contributed by atoms with Gasteiger partial charge in [-0.2, -0.15) is 10.2 Å². The number of aromatic nitrogens is 4. The first kappa shape index (κ1) is 10.4. The molecule has 0 amide bonds. The topological polar surface area (TPSA) is 67.4 Å². The van der Waals surface area contributed by atoms with Gasteiger partial charge in [-0.3, -0.25) is 0 Å². The number of hydrogen-bond donors (Lipinski definition) is 0. The molecular formula is C13H9N5. The SMILES string of the molecule is N#Cc1ncc2ncn(Cc3ccccc3)c2n1. The molecule has 5 nitrogen and oxygen atoms in total. The van der Waals surface area contributed by atoms with Crippen molar-refractivity contribution in [2.75, 3.05) is 0 Å². The summed E-state index contributed by atoms with van der Waals surface area (Å²) in [5.41, 5.74) is 2.55. The summed E-state index contributed by atoms with van der Waals surface area (Å²) in [5.74, 6) is 0.164. The summed E-state index contributed by atoms with van der Waals surface area (Å²) in [5, 5.41) is 8.81. The van der Waals surface area contributed by atoms with Gasteiger partial charge in [-0.15, -0.1) is 0 Å². The maximum atomic E-state index is 8.81. The zero-order valence-corrected chi connectivity index (χ0v) is 9.48. The number of hydrogen-bond acceptors (Lipinski definition) is 4. The number of imidazole rings is 1. The molecule has 2 aromatic heterocycles. The van der Waals surface area contributed by atoms with Gasteiger partial charge in [0.25, 0.3) is 0 Å². The van der Waals surface area contributed by atoms with Gasteiger partial charge < -0.3 is 4.57 Å². The Hall–Kier alpha value is -2.74. The molecule has 0 saturated heterocycles. The highest BCUT2D eigenvalue weighted by Crippen LogP contribution is 2.11. The van der Waals surface area contributed by atoms with Crippen molar-refractivity contribution < 1.29 is 0 Å². The molecule has 0 aliphatic heterocycles. The number of nitrogens with zero attached hydrogens (tertiary/aromatic N) is 5. The summed E-state index contributed by atoms with van der Waals surface area (Å²) in [6, 6.07) is 12.0. The fourth-order valence-electron chi connectivity index (χ4n) is 1.81. The van der Waals surface area contributed by atoms with Crippen molar-refractivity contribution in [3.63, 3.8) is 0 Å². The highest BCUT2D eigenvalue weighted by atomic mass is 15.1. The smallest absolute Gasteiger partial charge is 0.234 e. The summed E-state index contributed by atoms with van der Waals surface area (Å²) in [7, 11) is 0. The lowest BCUT2D eigenvalue weighted by Crippen LogP contribution is -2.00. The molecule has 0 aliphatic rings. The molecule has 0 fully saturated rings. The lowest BCUT2D eigenvalue weighted by atomic mass is 10.2. The summed E-state index contributed by atoms with van der Waals surface area (Å²) in [4.78, 5) is 12.3. The molecule has 5 heteroatoms. The second-order valence-corrected chi connectivity index (χ2v) is 3.87. The van der Waals surface area contributed by atoms with E-state index >= 15 is 0 Å². The number of fused-ring (bicyclic) bond motifs is 1. The van der Waals surface area contributed by atoms with Crippen molar-refractivity contribution in [1.82, 2.24) is 19.5 Å². The molecule has 0 unspecified atom stereocenters. The monoisotopic (exact) mass is 235 g/mol. The highest BCUT2D eigenvalue weighted by molar-refractivity contribution is 5.69. The third kappa shape index (κ3) is 1.80. The van der Waals surface area contributed by atoms with E-state index in [9.17, 15) is 0 Å². The molecule has 0 atom stereocenters. The van der Waals surface area contributed by atoms with Gasteiger partial charge in [-0.1, -0.05) is 30.3 Å². The Labute approximate surface area is 103 Å². The van der Waals surface area contributed by atoms with E-state index in [4.69, 9.17) is 5.26 Å². The first-order valence-electron chi connectivity index (χ1n) is 5.49. The molecule has 3 aromatic rings. The summed E-state index contributed by atoms with van der Waals surface area (Å²) in [6.45, 7) is 0.680. The second-order valence-electron chi connectivity index (χ2n) is 3.87. The second kappa shape index (κ2) is 4.26. The third-order valence-electron chi connectivity index (χ3n) is 2.65. The molecule has 0 bridgehead atoms. The van der Waals surface area contributed by atoms with Gasteiger partial charge in [-0.05, 0) is 5.56 Å². The first-order valence-corrected chi connectivity index (χ1v) is 5.49. The van der Waals surface area contributed by atoms with Crippen LogP contribution in [0.15, 0.2) is 42.9 Å². The van der Waals surface area contributed by atoms with Crippen LogP contribution < -0.4 is 0 Å². The molecule has 1 aromatic carbocycles. The minimum atomic E-state index is 0.164. The Balaban J connectivity index is 2.05. The zero-order valence-electron chi connectivity index (χ0n) is 9.48. The molecular weight excluding hydrogens is 226 g/mol. The predicted octanol–water partition coefficient (Wildman–Crippen LogP) is 1.75. The van der Waals surface area contributed by atoms with Crippen LogP contribution in [-0.2, 0) is 6.54 Å². The van der Waals surface area contributed by atoms with E-state index in [1.54, 1.807) is 12.5 Å². The molecule has 0 saturated carbocycles. The van der Waals surface area contributed by atoms with Crippen molar-refractivity contribution in [2.24, 2.45) is 0 Å². The maximum absolute atomic E-state index is 8.81. The lowest BCUT2D eigenvalue weighted by Gasteiger charge is -2.03. The van der Waals surface area contributed by atoms with Crippen LogP contribution in [-0.4, -0.2) is 19.5 Å². The number of benzene rings is 1. The van der Waals surface area contributed by atoms with Crippen LogP contribution in [0.25, 0.3) is 11.2 Å². The van der Waals surface area contributed by atoms with Crippen LogP contribution in [0.2, 0.25) is 0 Å².